The maximum absolute atomic E-state index is 4.54. The molecule has 0 saturated carbocycles. The minimum Gasteiger partial charge on any atom is -0.388 e. The lowest BCUT2D eigenvalue weighted by atomic mass is 10.1. The van der Waals surface area contributed by atoms with E-state index in [2.05, 4.69) is 55.7 Å². The van der Waals surface area contributed by atoms with Crippen molar-refractivity contribution in [3.63, 3.8) is 0 Å². The minimum absolute atomic E-state index is 0.764. The SMILES string of the molecule is CCc1ccc(Nc2ncccc2-c2ncnc3[nH]ccc23)cc1NC. The molecule has 6 heteroatoms. The fourth-order valence-electron chi connectivity index (χ4n) is 3.11. The molecule has 0 atom stereocenters. The van der Waals surface area contributed by atoms with Crippen molar-refractivity contribution in [2.24, 2.45) is 0 Å². The van der Waals surface area contributed by atoms with Gasteiger partial charge in [-0.05, 0) is 42.3 Å². The van der Waals surface area contributed by atoms with Gasteiger partial charge >= 0.3 is 0 Å². The van der Waals surface area contributed by atoms with Crippen LogP contribution in [-0.2, 0) is 6.42 Å². The molecule has 0 amide bonds. The molecule has 6 nitrogen and oxygen atoms in total. The molecule has 0 bridgehead atoms. The second kappa shape index (κ2) is 6.84. The number of fused-ring (bicyclic) bond motifs is 1. The number of rotatable bonds is 5. The zero-order chi connectivity index (χ0) is 17.9. The van der Waals surface area contributed by atoms with Crippen molar-refractivity contribution in [2.45, 2.75) is 13.3 Å². The number of aromatic nitrogens is 4. The molecule has 4 aromatic rings. The Morgan fingerprint density at radius 1 is 1.08 bits per heavy atom. The van der Waals surface area contributed by atoms with Crippen LogP contribution in [0.2, 0.25) is 0 Å². The number of H-pyrrole nitrogens is 1. The third-order valence-electron chi connectivity index (χ3n) is 4.44. The first-order chi connectivity index (χ1) is 12.8. The molecular formula is C20H20N6. The first-order valence-corrected chi connectivity index (χ1v) is 8.61. The summed E-state index contributed by atoms with van der Waals surface area (Å²) < 4.78 is 0. The van der Waals surface area contributed by atoms with Crippen molar-refractivity contribution < 1.29 is 0 Å². The maximum Gasteiger partial charge on any atom is 0.141 e. The summed E-state index contributed by atoms with van der Waals surface area (Å²) in [6.45, 7) is 2.15. The van der Waals surface area contributed by atoms with Gasteiger partial charge in [0, 0.05) is 41.8 Å². The van der Waals surface area contributed by atoms with Crippen LogP contribution >= 0.6 is 0 Å². The number of anilines is 3. The fraction of sp³-hybridized carbons (Fsp3) is 0.150. The Morgan fingerprint density at radius 2 is 2.00 bits per heavy atom. The molecule has 0 radical (unpaired) electrons. The van der Waals surface area contributed by atoms with Crippen molar-refractivity contribution in [1.29, 1.82) is 0 Å². The van der Waals surface area contributed by atoms with Gasteiger partial charge in [-0.25, -0.2) is 15.0 Å². The summed E-state index contributed by atoms with van der Waals surface area (Å²) in [6, 6.07) is 12.2. The van der Waals surface area contributed by atoms with Gasteiger partial charge in [0.1, 0.15) is 17.8 Å². The zero-order valence-electron chi connectivity index (χ0n) is 14.7. The number of aryl methyl sites for hydroxylation is 1. The largest absolute Gasteiger partial charge is 0.388 e. The van der Waals surface area contributed by atoms with Crippen LogP contribution in [0.5, 0.6) is 0 Å². The predicted octanol–water partition coefficient (Wildman–Crippen LogP) is 4.37. The van der Waals surface area contributed by atoms with Crippen molar-refractivity contribution >= 4 is 28.2 Å². The highest BCUT2D eigenvalue weighted by atomic mass is 15.0. The van der Waals surface area contributed by atoms with Crippen LogP contribution in [0.25, 0.3) is 22.3 Å². The molecule has 0 aliphatic heterocycles. The van der Waals surface area contributed by atoms with E-state index in [1.54, 1.807) is 12.5 Å². The summed E-state index contributed by atoms with van der Waals surface area (Å²) in [7, 11) is 1.94. The molecule has 3 heterocycles. The van der Waals surface area contributed by atoms with E-state index < -0.39 is 0 Å². The maximum atomic E-state index is 4.54. The third kappa shape index (κ3) is 2.86. The number of hydrogen-bond donors (Lipinski definition) is 3. The lowest BCUT2D eigenvalue weighted by Gasteiger charge is -2.14. The van der Waals surface area contributed by atoms with Crippen molar-refractivity contribution in [2.75, 3.05) is 17.7 Å². The van der Waals surface area contributed by atoms with Crippen molar-refractivity contribution in [3.05, 3.63) is 60.7 Å². The van der Waals surface area contributed by atoms with Crippen LogP contribution in [0, 0.1) is 0 Å². The van der Waals surface area contributed by atoms with Gasteiger partial charge in [-0.3, -0.25) is 0 Å². The van der Waals surface area contributed by atoms with E-state index in [9.17, 15) is 0 Å². The average molecular weight is 344 g/mol. The average Bonchev–Trinajstić information content (AvgIpc) is 3.17. The predicted molar refractivity (Wildman–Crippen MR) is 106 cm³/mol. The molecule has 0 fully saturated rings. The standard InChI is InChI=1S/C20H20N6/c1-3-13-6-7-14(11-17(13)21-2)26-20-15(5-4-9-22-20)18-16-8-10-23-19(16)25-12-24-18/h4-12,21H,3H2,1-2H3,(H,22,26)(H,23,24,25). The Kier molecular flexibility index (Phi) is 4.23. The van der Waals surface area contributed by atoms with Gasteiger partial charge in [0.05, 0.1) is 5.69 Å². The molecule has 130 valence electrons. The number of benzene rings is 1. The lowest BCUT2D eigenvalue weighted by molar-refractivity contribution is 1.14. The van der Waals surface area contributed by atoms with Crippen LogP contribution in [-0.4, -0.2) is 27.0 Å². The van der Waals surface area contributed by atoms with Gasteiger partial charge in [-0.1, -0.05) is 13.0 Å². The van der Waals surface area contributed by atoms with E-state index in [1.165, 1.54) is 5.56 Å². The van der Waals surface area contributed by atoms with Gasteiger partial charge in [-0.15, -0.1) is 0 Å². The molecule has 26 heavy (non-hydrogen) atoms. The van der Waals surface area contributed by atoms with Crippen LogP contribution < -0.4 is 10.6 Å². The molecule has 1 aromatic carbocycles. The Labute approximate surface area is 151 Å². The molecule has 0 aliphatic rings. The fourth-order valence-corrected chi connectivity index (χ4v) is 3.11. The molecule has 0 unspecified atom stereocenters. The number of hydrogen-bond acceptors (Lipinski definition) is 5. The molecule has 4 rings (SSSR count). The van der Waals surface area contributed by atoms with Crippen LogP contribution in [0.1, 0.15) is 12.5 Å². The summed E-state index contributed by atoms with van der Waals surface area (Å²) in [4.78, 5) is 16.4. The van der Waals surface area contributed by atoms with E-state index in [-0.39, 0.29) is 0 Å². The number of nitrogens with zero attached hydrogens (tertiary/aromatic N) is 3. The summed E-state index contributed by atoms with van der Waals surface area (Å²) in [5.41, 5.74) is 5.98. The number of pyridine rings is 1. The van der Waals surface area contributed by atoms with Gasteiger partial charge in [-0.2, -0.15) is 0 Å². The smallest absolute Gasteiger partial charge is 0.141 e. The highest BCUT2D eigenvalue weighted by molar-refractivity contribution is 5.94. The van der Waals surface area contributed by atoms with Gasteiger partial charge in [0.25, 0.3) is 0 Å². The van der Waals surface area contributed by atoms with E-state index in [4.69, 9.17) is 0 Å². The summed E-state index contributed by atoms with van der Waals surface area (Å²) in [6.07, 6.45) is 6.20. The highest BCUT2D eigenvalue weighted by Crippen LogP contribution is 2.32. The molecule has 3 N–H and O–H groups in total. The second-order valence-corrected chi connectivity index (χ2v) is 5.96. The van der Waals surface area contributed by atoms with E-state index in [1.807, 2.05) is 31.4 Å². The zero-order valence-corrected chi connectivity index (χ0v) is 14.7. The Hall–Kier alpha value is -3.41. The summed E-state index contributed by atoms with van der Waals surface area (Å²) in [5.74, 6) is 0.764. The van der Waals surface area contributed by atoms with Gasteiger partial charge in [0.15, 0.2) is 0 Å². The summed E-state index contributed by atoms with van der Waals surface area (Å²) >= 11 is 0. The Balaban J connectivity index is 1.76. The highest BCUT2D eigenvalue weighted by Gasteiger charge is 2.13. The van der Waals surface area contributed by atoms with Crippen molar-refractivity contribution in [1.82, 2.24) is 19.9 Å². The van der Waals surface area contributed by atoms with Crippen LogP contribution in [0.15, 0.2) is 55.1 Å². The van der Waals surface area contributed by atoms with E-state index >= 15 is 0 Å². The first-order valence-electron chi connectivity index (χ1n) is 8.61. The molecule has 0 saturated heterocycles. The molecule has 3 aromatic heterocycles. The molecule has 0 aliphatic carbocycles. The quantitative estimate of drug-likeness (QED) is 0.501. The number of aromatic amines is 1. The molecular weight excluding hydrogens is 324 g/mol. The van der Waals surface area contributed by atoms with E-state index in [0.717, 1.165) is 45.9 Å². The van der Waals surface area contributed by atoms with Crippen LogP contribution in [0.3, 0.4) is 0 Å². The van der Waals surface area contributed by atoms with E-state index in [0.29, 0.717) is 0 Å². The molecule has 0 spiro atoms. The first kappa shape index (κ1) is 16.1. The normalized spacial score (nSPS) is 10.8. The van der Waals surface area contributed by atoms with Gasteiger partial charge < -0.3 is 15.6 Å². The topological polar surface area (TPSA) is 78.5 Å². The van der Waals surface area contributed by atoms with Gasteiger partial charge in [0.2, 0.25) is 0 Å². The third-order valence-corrected chi connectivity index (χ3v) is 4.44. The van der Waals surface area contributed by atoms with Crippen LogP contribution in [0.4, 0.5) is 17.2 Å². The second-order valence-electron chi connectivity index (χ2n) is 5.96. The number of nitrogens with one attached hydrogen (secondary N) is 3. The monoisotopic (exact) mass is 344 g/mol. The summed E-state index contributed by atoms with van der Waals surface area (Å²) in [5, 5.41) is 7.66. The Bertz CT molecular complexity index is 1050. The van der Waals surface area contributed by atoms with Crippen molar-refractivity contribution in [3.8, 4) is 11.3 Å². The lowest BCUT2D eigenvalue weighted by Crippen LogP contribution is -2.00. The minimum atomic E-state index is 0.764. The Morgan fingerprint density at radius 3 is 2.85 bits per heavy atom.